The number of hydrogen-bond acceptors (Lipinski definition) is 4. The van der Waals surface area contributed by atoms with Crippen LogP contribution < -0.4 is 9.64 Å². The molecule has 1 aromatic heterocycles. The molecular weight excluding hydrogens is 396 g/mol. The number of methoxy groups -OCH3 is 1. The molecule has 7 heteroatoms. The first kappa shape index (κ1) is 21.0. The van der Waals surface area contributed by atoms with E-state index in [1.807, 2.05) is 41.8 Å². The van der Waals surface area contributed by atoms with Gasteiger partial charge < -0.3 is 14.4 Å². The number of halogens is 2. The van der Waals surface area contributed by atoms with E-state index in [0.717, 1.165) is 22.6 Å². The predicted molar refractivity (Wildman–Crippen MR) is 109 cm³/mol. The van der Waals surface area contributed by atoms with Crippen LogP contribution in [0.5, 0.6) is 5.75 Å². The Balaban J connectivity index is 1.77. The number of carbonyl (C=O) groups excluding carboxylic acids is 1. The van der Waals surface area contributed by atoms with Gasteiger partial charge in [0.15, 0.2) is 0 Å². The highest BCUT2D eigenvalue weighted by molar-refractivity contribution is 7.09. The fourth-order valence-corrected chi connectivity index (χ4v) is 3.51. The Morgan fingerprint density at radius 2 is 1.97 bits per heavy atom. The first-order valence-electron chi connectivity index (χ1n) is 9.01. The normalized spacial score (nSPS) is 11.9. The summed E-state index contributed by atoms with van der Waals surface area (Å²) in [5.41, 5.74) is 0.864. The van der Waals surface area contributed by atoms with E-state index in [9.17, 15) is 13.6 Å². The van der Waals surface area contributed by atoms with Crippen LogP contribution in [0, 0.1) is 11.6 Å². The summed E-state index contributed by atoms with van der Waals surface area (Å²) in [4.78, 5) is 15.2. The summed E-state index contributed by atoms with van der Waals surface area (Å²) in [7, 11) is 1.58. The minimum absolute atomic E-state index is 0.0154. The van der Waals surface area contributed by atoms with Crippen molar-refractivity contribution in [1.29, 1.82) is 0 Å². The molecule has 2 aromatic carbocycles. The van der Waals surface area contributed by atoms with Gasteiger partial charge in [0, 0.05) is 10.9 Å². The molecule has 0 saturated carbocycles. The van der Waals surface area contributed by atoms with E-state index < -0.39 is 23.6 Å². The van der Waals surface area contributed by atoms with E-state index >= 15 is 0 Å². The van der Waals surface area contributed by atoms with Crippen molar-refractivity contribution in [3.63, 3.8) is 0 Å². The van der Waals surface area contributed by atoms with Crippen molar-refractivity contribution in [3.8, 4) is 5.75 Å². The third kappa shape index (κ3) is 5.40. The van der Waals surface area contributed by atoms with Crippen molar-refractivity contribution in [2.45, 2.75) is 26.2 Å². The molecule has 0 saturated heterocycles. The third-order valence-corrected chi connectivity index (χ3v) is 5.20. The molecule has 1 heterocycles. The summed E-state index contributed by atoms with van der Waals surface area (Å²) < 4.78 is 38.7. The molecule has 0 aliphatic heterocycles. The number of ether oxygens (including phenoxy) is 2. The Morgan fingerprint density at radius 1 is 1.14 bits per heavy atom. The topological polar surface area (TPSA) is 38.8 Å². The number of amides is 1. The number of benzene rings is 2. The predicted octanol–water partition coefficient (Wildman–Crippen LogP) is 5.17. The zero-order valence-corrected chi connectivity index (χ0v) is 16.9. The smallest absolute Gasteiger partial charge is 0.256 e. The minimum Gasteiger partial charge on any atom is -0.497 e. The molecule has 1 atom stereocenters. The SMILES string of the molecule is COc1cccc(COC(C)C(=O)N(Cc2cccs2)c2ccc(F)cc2F)c1. The molecular formula is C22H21F2NO3S. The summed E-state index contributed by atoms with van der Waals surface area (Å²) in [6, 6.07) is 14.2. The molecule has 152 valence electrons. The van der Waals surface area contributed by atoms with Crippen molar-refractivity contribution in [2.24, 2.45) is 0 Å². The molecule has 3 aromatic rings. The van der Waals surface area contributed by atoms with Gasteiger partial charge in [-0.1, -0.05) is 18.2 Å². The highest BCUT2D eigenvalue weighted by atomic mass is 32.1. The lowest BCUT2D eigenvalue weighted by atomic mass is 10.2. The lowest BCUT2D eigenvalue weighted by Crippen LogP contribution is -2.39. The van der Waals surface area contributed by atoms with Gasteiger partial charge in [0.1, 0.15) is 23.5 Å². The monoisotopic (exact) mass is 417 g/mol. The van der Waals surface area contributed by atoms with E-state index in [-0.39, 0.29) is 18.8 Å². The molecule has 1 amide bonds. The van der Waals surface area contributed by atoms with E-state index in [4.69, 9.17) is 9.47 Å². The zero-order valence-electron chi connectivity index (χ0n) is 16.1. The maximum atomic E-state index is 14.4. The van der Waals surface area contributed by atoms with Crippen LogP contribution in [0.1, 0.15) is 17.4 Å². The van der Waals surface area contributed by atoms with Crippen molar-refractivity contribution in [2.75, 3.05) is 12.0 Å². The fraction of sp³-hybridized carbons (Fsp3) is 0.227. The number of anilines is 1. The largest absolute Gasteiger partial charge is 0.497 e. The van der Waals surface area contributed by atoms with Crippen LogP contribution in [0.4, 0.5) is 14.5 Å². The van der Waals surface area contributed by atoms with Gasteiger partial charge in [0.05, 0.1) is 25.9 Å². The second-order valence-corrected chi connectivity index (χ2v) is 7.44. The van der Waals surface area contributed by atoms with Gasteiger partial charge in [-0.15, -0.1) is 11.3 Å². The standard InChI is InChI=1S/C22H21F2NO3S/c1-15(28-14-16-5-3-6-18(11-16)27-2)22(26)25(13-19-7-4-10-29-19)21-9-8-17(23)12-20(21)24/h3-12,15H,13-14H2,1-2H3. The van der Waals surface area contributed by atoms with Gasteiger partial charge in [0.2, 0.25) is 0 Å². The molecule has 29 heavy (non-hydrogen) atoms. The molecule has 3 rings (SSSR count). The lowest BCUT2D eigenvalue weighted by Gasteiger charge is -2.26. The highest BCUT2D eigenvalue weighted by Gasteiger charge is 2.25. The van der Waals surface area contributed by atoms with Crippen molar-refractivity contribution < 1.29 is 23.0 Å². The molecule has 0 spiro atoms. The molecule has 0 bridgehead atoms. The van der Waals surface area contributed by atoms with Gasteiger partial charge in [-0.05, 0) is 48.2 Å². The molecule has 1 unspecified atom stereocenters. The van der Waals surface area contributed by atoms with E-state index in [1.54, 1.807) is 14.0 Å². The maximum Gasteiger partial charge on any atom is 0.256 e. The average Bonchev–Trinajstić information content (AvgIpc) is 3.23. The van der Waals surface area contributed by atoms with Crippen LogP contribution >= 0.6 is 11.3 Å². The van der Waals surface area contributed by atoms with Crippen LogP contribution in [-0.4, -0.2) is 19.1 Å². The number of hydrogen-bond donors (Lipinski definition) is 0. The quantitative estimate of drug-likeness (QED) is 0.507. The van der Waals surface area contributed by atoms with E-state index in [1.165, 1.54) is 22.3 Å². The van der Waals surface area contributed by atoms with Gasteiger partial charge in [0.25, 0.3) is 5.91 Å². The fourth-order valence-electron chi connectivity index (χ4n) is 2.81. The number of carbonyl (C=O) groups is 1. The molecule has 0 aliphatic rings. The van der Waals surface area contributed by atoms with Gasteiger partial charge >= 0.3 is 0 Å². The van der Waals surface area contributed by atoms with Crippen LogP contribution in [-0.2, 0) is 22.7 Å². The van der Waals surface area contributed by atoms with Crippen LogP contribution in [0.15, 0.2) is 60.0 Å². The molecule has 0 fully saturated rings. The summed E-state index contributed by atoms with van der Waals surface area (Å²) in [5, 5.41) is 1.88. The van der Waals surface area contributed by atoms with Crippen molar-refractivity contribution in [1.82, 2.24) is 0 Å². The van der Waals surface area contributed by atoms with Crippen molar-refractivity contribution >= 4 is 22.9 Å². The Bertz CT molecular complexity index is 962. The maximum absolute atomic E-state index is 14.4. The summed E-state index contributed by atoms with van der Waals surface area (Å²) in [5.74, 6) is -1.21. The Labute approximate surface area is 172 Å². The zero-order chi connectivity index (χ0) is 20.8. The number of nitrogens with zero attached hydrogens (tertiary/aromatic N) is 1. The number of thiophene rings is 1. The third-order valence-electron chi connectivity index (χ3n) is 4.34. The van der Waals surface area contributed by atoms with Gasteiger partial charge in [-0.25, -0.2) is 8.78 Å². The number of rotatable bonds is 8. The van der Waals surface area contributed by atoms with Gasteiger partial charge in [-0.2, -0.15) is 0 Å². The summed E-state index contributed by atoms with van der Waals surface area (Å²) in [6.07, 6.45) is -0.828. The molecule has 0 N–H and O–H groups in total. The molecule has 4 nitrogen and oxygen atoms in total. The van der Waals surface area contributed by atoms with Gasteiger partial charge in [-0.3, -0.25) is 4.79 Å². The molecule has 0 aliphatic carbocycles. The summed E-state index contributed by atoms with van der Waals surface area (Å²) >= 11 is 1.45. The van der Waals surface area contributed by atoms with Crippen LogP contribution in [0.2, 0.25) is 0 Å². The second kappa shape index (κ2) is 9.62. The molecule has 0 radical (unpaired) electrons. The average molecular weight is 417 g/mol. The second-order valence-electron chi connectivity index (χ2n) is 6.40. The van der Waals surface area contributed by atoms with Crippen molar-refractivity contribution in [3.05, 3.63) is 82.1 Å². The van der Waals surface area contributed by atoms with Crippen LogP contribution in [0.25, 0.3) is 0 Å². The minimum atomic E-state index is -0.828. The Hall–Kier alpha value is -2.77. The van der Waals surface area contributed by atoms with E-state index in [0.29, 0.717) is 5.75 Å². The Kier molecular flexibility index (Phi) is 6.95. The summed E-state index contributed by atoms with van der Waals surface area (Å²) in [6.45, 7) is 1.99. The van der Waals surface area contributed by atoms with E-state index in [2.05, 4.69) is 0 Å². The first-order chi connectivity index (χ1) is 14.0. The van der Waals surface area contributed by atoms with Crippen LogP contribution in [0.3, 0.4) is 0 Å². The lowest BCUT2D eigenvalue weighted by molar-refractivity contribution is -0.129. The Morgan fingerprint density at radius 3 is 2.66 bits per heavy atom. The first-order valence-corrected chi connectivity index (χ1v) is 9.89. The highest BCUT2D eigenvalue weighted by Crippen LogP contribution is 2.25.